The van der Waals surface area contributed by atoms with E-state index in [4.69, 9.17) is 18.9 Å². The summed E-state index contributed by atoms with van der Waals surface area (Å²) < 4.78 is 20.8. The lowest BCUT2D eigenvalue weighted by atomic mass is 10.0. The van der Waals surface area contributed by atoms with Crippen molar-refractivity contribution >= 4 is 11.7 Å². The van der Waals surface area contributed by atoms with Gasteiger partial charge in [-0.05, 0) is 23.6 Å². The first-order valence-electron chi connectivity index (χ1n) is 8.13. The molecule has 0 unspecified atom stereocenters. The van der Waals surface area contributed by atoms with E-state index in [9.17, 15) is 14.9 Å². The van der Waals surface area contributed by atoms with Gasteiger partial charge in [-0.15, -0.1) is 0 Å². The van der Waals surface area contributed by atoms with E-state index in [-0.39, 0.29) is 34.5 Å². The zero-order chi connectivity index (χ0) is 20.1. The van der Waals surface area contributed by atoms with Crippen LogP contribution in [0.5, 0.6) is 23.0 Å². The summed E-state index contributed by atoms with van der Waals surface area (Å²) in [5.74, 6) is -0.465. The minimum atomic E-state index is -0.901. The predicted molar refractivity (Wildman–Crippen MR) is 98.2 cm³/mol. The van der Waals surface area contributed by atoms with Gasteiger partial charge in [0, 0.05) is 6.07 Å². The summed E-state index contributed by atoms with van der Waals surface area (Å²) in [7, 11) is 3.91. The van der Waals surface area contributed by atoms with Gasteiger partial charge in [0.05, 0.1) is 26.3 Å². The number of nitro groups is 1. The minimum Gasteiger partial charge on any atom is -0.493 e. The molecule has 0 saturated heterocycles. The first-order valence-corrected chi connectivity index (χ1v) is 8.13. The Labute approximate surface area is 156 Å². The summed E-state index contributed by atoms with van der Waals surface area (Å²) in [5.41, 5.74) is 0.115. The van der Waals surface area contributed by atoms with Gasteiger partial charge in [-0.25, -0.2) is 4.79 Å². The van der Waals surface area contributed by atoms with E-state index < -0.39 is 16.6 Å². The second-order valence-corrected chi connectivity index (χ2v) is 5.92. The molecule has 0 fully saturated rings. The minimum absolute atomic E-state index is 0.0186. The van der Waals surface area contributed by atoms with Crippen LogP contribution in [0.3, 0.4) is 0 Å². The molecule has 0 radical (unpaired) electrons. The summed E-state index contributed by atoms with van der Waals surface area (Å²) in [6, 6.07) is 8.18. The summed E-state index contributed by atoms with van der Waals surface area (Å²) in [4.78, 5) is 23.5. The molecule has 2 aromatic carbocycles. The smallest absolute Gasteiger partial charge is 0.350 e. The van der Waals surface area contributed by atoms with Crippen LogP contribution in [0.1, 0.15) is 35.7 Å². The Morgan fingerprint density at radius 2 is 1.70 bits per heavy atom. The summed E-state index contributed by atoms with van der Waals surface area (Å²) in [6.45, 7) is 4.01. The summed E-state index contributed by atoms with van der Waals surface area (Å²) >= 11 is 0. The third kappa shape index (κ3) is 4.11. The number of hydrogen-bond donors (Lipinski definition) is 0. The Morgan fingerprint density at radius 3 is 2.22 bits per heavy atom. The topological polar surface area (TPSA) is 97.1 Å². The Balaban J connectivity index is 2.54. The van der Waals surface area contributed by atoms with Gasteiger partial charge in [-0.2, -0.15) is 0 Å². The van der Waals surface area contributed by atoms with Gasteiger partial charge in [-0.1, -0.05) is 26.0 Å². The van der Waals surface area contributed by atoms with Gasteiger partial charge in [0.25, 0.3) is 0 Å². The maximum Gasteiger partial charge on any atom is 0.350 e. The van der Waals surface area contributed by atoms with E-state index in [2.05, 4.69) is 0 Å². The lowest BCUT2D eigenvalue weighted by Crippen LogP contribution is -2.13. The van der Waals surface area contributed by atoms with Crippen molar-refractivity contribution in [3.8, 4) is 23.0 Å². The molecule has 0 aromatic heterocycles. The van der Waals surface area contributed by atoms with Gasteiger partial charge in [-0.3, -0.25) is 10.1 Å². The normalized spacial score (nSPS) is 10.4. The zero-order valence-electron chi connectivity index (χ0n) is 15.8. The maximum absolute atomic E-state index is 12.7. The second-order valence-electron chi connectivity index (χ2n) is 5.92. The highest BCUT2D eigenvalue weighted by atomic mass is 16.6. The van der Waals surface area contributed by atoms with E-state index in [0.717, 1.165) is 5.56 Å². The van der Waals surface area contributed by atoms with E-state index in [0.29, 0.717) is 0 Å². The largest absolute Gasteiger partial charge is 0.493 e. The number of rotatable bonds is 7. The van der Waals surface area contributed by atoms with Gasteiger partial charge in [0.1, 0.15) is 11.3 Å². The summed E-state index contributed by atoms with van der Waals surface area (Å²) in [6.07, 6.45) is 0. The van der Waals surface area contributed by atoms with Crippen LogP contribution in [0.15, 0.2) is 30.3 Å². The number of ether oxygens (including phenoxy) is 4. The van der Waals surface area contributed by atoms with Crippen LogP contribution in [0.25, 0.3) is 0 Å². The number of carbonyl (C=O) groups excluding carboxylic acids is 1. The van der Waals surface area contributed by atoms with Crippen LogP contribution in [-0.4, -0.2) is 32.2 Å². The standard InChI is InChI=1S/C19H21NO7/c1-11(2)12-7-6-8-13(9-12)27-19(21)14-10-15(24-3)17(25-4)18(26-5)16(14)20(22)23/h6-11H,1-5H3. The molecule has 0 saturated carbocycles. The van der Waals surface area contributed by atoms with Gasteiger partial charge in [0.15, 0.2) is 5.75 Å². The average molecular weight is 375 g/mol. The third-order valence-electron chi connectivity index (χ3n) is 3.94. The van der Waals surface area contributed by atoms with Crippen molar-refractivity contribution in [1.29, 1.82) is 0 Å². The van der Waals surface area contributed by atoms with E-state index in [1.807, 2.05) is 19.9 Å². The molecular weight excluding hydrogens is 354 g/mol. The van der Waals surface area contributed by atoms with Crippen LogP contribution >= 0.6 is 0 Å². The number of nitro benzene ring substituents is 1. The zero-order valence-corrected chi connectivity index (χ0v) is 15.8. The fraction of sp³-hybridized carbons (Fsp3) is 0.316. The van der Waals surface area contributed by atoms with Gasteiger partial charge >= 0.3 is 11.7 Å². The summed E-state index contributed by atoms with van der Waals surface area (Å²) in [5, 5.41) is 11.6. The molecule has 8 heteroatoms. The molecule has 0 aliphatic rings. The SMILES string of the molecule is COc1cc(C(=O)Oc2cccc(C(C)C)c2)c([N+](=O)[O-])c(OC)c1OC. The first kappa shape index (κ1) is 20.0. The molecule has 0 N–H and O–H groups in total. The molecule has 0 aliphatic carbocycles. The Kier molecular flexibility index (Phi) is 6.23. The van der Waals surface area contributed by atoms with E-state index >= 15 is 0 Å². The lowest BCUT2D eigenvalue weighted by Gasteiger charge is -2.14. The molecule has 144 valence electrons. The molecular formula is C19H21NO7. The number of esters is 1. The maximum atomic E-state index is 12.7. The fourth-order valence-corrected chi connectivity index (χ4v) is 2.58. The molecule has 27 heavy (non-hydrogen) atoms. The van der Waals surface area contributed by atoms with Crippen LogP contribution < -0.4 is 18.9 Å². The van der Waals surface area contributed by atoms with E-state index in [1.165, 1.54) is 27.4 Å². The Morgan fingerprint density at radius 1 is 1.04 bits per heavy atom. The van der Waals surface area contributed by atoms with Crippen LogP contribution in [-0.2, 0) is 0 Å². The van der Waals surface area contributed by atoms with E-state index in [1.54, 1.807) is 18.2 Å². The Hall–Kier alpha value is -3.29. The fourth-order valence-electron chi connectivity index (χ4n) is 2.58. The molecule has 0 atom stereocenters. The third-order valence-corrected chi connectivity index (χ3v) is 3.94. The molecule has 0 heterocycles. The predicted octanol–water partition coefficient (Wildman–Crippen LogP) is 3.96. The number of benzene rings is 2. The van der Waals surface area contributed by atoms with Crippen molar-refractivity contribution in [2.75, 3.05) is 21.3 Å². The highest BCUT2D eigenvalue weighted by molar-refractivity contribution is 5.98. The molecule has 0 bridgehead atoms. The number of nitrogens with zero attached hydrogens (tertiary/aromatic N) is 1. The molecule has 2 aromatic rings. The van der Waals surface area contributed by atoms with Crippen LogP contribution in [0, 0.1) is 10.1 Å². The van der Waals surface area contributed by atoms with Crippen molar-refractivity contribution in [3.05, 3.63) is 51.6 Å². The van der Waals surface area contributed by atoms with Crippen molar-refractivity contribution in [1.82, 2.24) is 0 Å². The van der Waals surface area contributed by atoms with Crippen molar-refractivity contribution in [3.63, 3.8) is 0 Å². The number of carbonyl (C=O) groups is 1. The number of hydrogen-bond acceptors (Lipinski definition) is 7. The first-order chi connectivity index (χ1) is 12.8. The average Bonchev–Trinajstić information content (AvgIpc) is 2.65. The second kappa shape index (κ2) is 8.39. The highest BCUT2D eigenvalue weighted by Crippen LogP contribution is 2.46. The molecule has 2 rings (SSSR count). The number of methoxy groups -OCH3 is 3. The molecule has 0 aliphatic heterocycles. The van der Waals surface area contributed by atoms with Crippen molar-refractivity contribution in [2.45, 2.75) is 19.8 Å². The Bertz CT molecular complexity index is 861. The quantitative estimate of drug-likeness (QED) is 0.313. The van der Waals surface area contributed by atoms with Crippen molar-refractivity contribution in [2.24, 2.45) is 0 Å². The van der Waals surface area contributed by atoms with Crippen LogP contribution in [0.4, 0.5) is 5.69 Å². The van der Waals surface area contributed by atoms with Crippen LogP contribution in [0.2, 0.25) is 0 Å². The highest BCUT2D eigenvalue weighted by Gasteiger charge is 2.33. The monoisotopic (exact) mass is 375 g/mol. The molecule has 8 nitrogen and oxygen atoms in total. The molecule has 0 amide bonds. The molecule has 0 spiro atoms. The van der Waals surface area contributed by atoms with Gasteiger partial charge in [0.2, 0.25) is 11.5 Å². The lowest BCUT2D eigenvalue weighted by molar-refractivity contribution is -0.386. The van der Waals surface area contributed by atoms with Gasteiger partial charge < -0.3 is 18.9 Å². The van der Waals surface area contributed by atoms with Crippen molar-refractivity contribution < 1.29 is 28.7 Å².